The Hall–Kier alpha value is -0.930. The summed E-state index contributed by atoms with van der Waals surface area (Å²) in [6.45, 7) is 0.193. The van der Waals surface area contributed by atoms with Crippen LogP contribution in [0.2, 0.25) is 10.0 Å². The molecule has 1 unspecified atom stereocenters. The van der Waals surface area contributed by atoms with Crippen molar-refractivity contribution < 1.29 is 22.7 Å². The van der Waals surface area contributed by atoms with Crippen molar-refractivity contribution >= 4 is 39.2 Å². The molecule has 1 saturated heterocycles. The van der Waals surface area contributed by atoms with Gasteiger partial charge in [-0.05, 0) is 12.1 Å². The molecule has 0 aliphatic carbocycles. The summed E-state index contributed by atoms with van der Waals surface area (Å²) in [7, 11) is -4.24. The lowest BCUT2D eigenvalue weighted by atomic mass is 10.2. The molecule has 10 heteroatoms. The van der Waals surface area contributed by atoms with Crippen molar-refractivity contribution in [3.05, 3.63) is 28.0 Å². The average Bonchev–Trinajstić information content (AvgIpc) is 2.44. The van der Waals surface area contributed by atoms with Crippen LogP contribution in [0, 0.1) is 5.82 Å². The second kappa shape index (κ2) is 6.05. The normalized spacial score (nSPS) is 20.4. The first kappa shape index (κ1) is 16.4. The van der Waals surface area contributed by atoms with E-state index < -0.39 is 37.8 Å². The Kier molecular flexibility index (Phi) is 4.74. The maximum atomic E-state index is 13.7. The molecule has 0 bridgehead atoms. The van der Waals surface area contributed by atoms with Crippen LogP contribution < -0.4 is 5.32 Å². The van der Waals surface area contributed by atoms with E-state index in [9.17, 15) is 17.6 Å². The summed E-state index contributed by atoms with van der Waals surface area (Å²) < 4.78 is 39.5. The number of carboxylic acid groups (broad SMARTS) is 1. The number of carbonyl (C=O) groups is 1. The summed E-state index contributed by atoms with van der Waals surface area (Å²) in [5, 5.41) is 10.9. The molecule has 2 rings (SSSR count). The highest BCUT2D eigenvalue weighted by molar-refractivity contribution is 7.89. The first-order valence-electron chi connectivity index (χ1n) is 5.85. The Balaban J connectivity index is 2.51. The minimum atomic E-state index is -4.24. The van der Waals surface area contributed by atoms with Crippen LogP contribution in [0.3, 0.4) is 0 Å². The predicted octanol–water partition coefficient (Wildman–Crippen LogP) is 1.18. The second-order valence-electron chi connectivity index (χ2n) is 4.35. The van der Waals surface area contributed by atoms with Gasteiger partial charge in [-0.1, -0.05) is 23.2 Å². The standard InChI is InChI=1S/C11H11Cl2FN2O4S/c12-6-1-2-8(9(13)10(6)14)21(19,20)16-4-3-15-5-7(16)11(17)18/h1-2,7,15H,3-5H2,(H,17,18). The van der Waals surface area contributed by atoms with E-state index in [1.54, 1.807) is 0 Å². The lowest BCUT2D eigenvalue weighted by Gasteiger charge is -2.32. The Morgan fingerprint density at radius 2 is 2.10 bits per heavy atom. The number of halogens is 3. The van der Waals surface area contributed by atoms with Gasteiger partial charge in [-0.15, -0.1) is 0 Å². The fourth-order valence-electron chi connectivity index (χ4n) is 2.02. The summed E-state index contributed by atoms with van der Waals surface area (Å²) in [6, 6.07) is 0.844. The van der Waals surface area contributed by atoms with E-state index in [0.29, 0.717) is 0 Å². The maximum absolute atomic E-state index is 13.7. The zero-order valence-electron chi connectivity index (χ0n) is 10.5. The number of nitrogens with zero attached hydrogens (tertiary/aromatic N) is 1. The number of carboxylic acids is 1. The zero-order valence-corrected chi connectivity index (χ0v) is 12.8. The summed E-state index contributed by atoms with van der Waals surface area (Å²) in [5.41, 5.74) is 0. The first-order valence-corrected chi connectivity index (χ1v) is 8.05. The van der Waals surface area contributed by atoms with Gasteiger partial charge in [0, 0.05) is 19.6 Å². The molecular weight excluding hydrogens is 346 g/mol. The lowest BCUT2D eigenvalue weighted by Crippen LogP contribution is -2.56. The van der Waals surface area contributed by atoms with Crippen LogP contribution >= 0.6 is 23.2 Å². The molecule has 1 aliphatic rings. The molecule has 1 fully saturated rings. The smallest absolute Gasteiger partial charge is 0.323 e. The van der Waals surface area contributed by atoms with Gasteiger partial charge < -0.3 is 10.4 Å². The molecule has 21 heavy (non-hydrogen) atoms. The van der Waals surface area contributed by atoms with Crippen molar-refractivity contribution in [1.82, 2.24) is 9.62 Å². The second-order valence-corrected chi connectivity index (χ2v) is 6.99. The number of hydrogen-bond donors (Lipinski definition) is 2. The van der Waals surface area contributed by atoms with Gasteiger partial charge in [-0.3, -0.25) is 4.79 Å². The van der Waals surface area contributed by atoms with Crippen molar-refractivity contribution in [3.8, 4) is 0 Å². The number of rotatable bonds is 3. The highest BCUT2D eigenvalue weighted by atomic mass is 35.5. The van der Waals surface area contributed by atoms with E-state index in [0.717, 1.165) is 16.4 Å². The van der Waals surface area contributed by atoms with Crippen molar-refractivity contribution in [1.29, 1.82) is 0 Å². The van der Waals surface area contributed by atoms with Gasteiger partial charge >= 0.3 is 5.97 Å². The van der Waals surface area contributed by atoms with E-state index in [1.807, 2.05) is 0 Å². The third-order valence-electron chi connectivity index (χ3n) is 3.07. The molecule has 0 amide bonds. The molecule has 1 aromatic rings. The quantitative estimate of drug-likeness (QED) is 0.794. The van der Waals surface area contributed by atoms with Crippen LogP contribution in [-0.4, -0.2) is 49.5 Å². The molecule has 6 nitrogen and oxygen atoms in total. The molecule has 0 saturated carbocycles. The molecule has 0 spiro atoms. The van der Waals surface area contributed by atoms with Crippen LogP contribution in [0.25, 0.3) is 0 Å². The van der Waals surface area contributed by atoms with Gasteiger partial charge in [0.25, 0.3) is 0 Å². The molecule has 1 aromatic carbocycles. The van der Waals surface area contributed by atoms with Crippen molar-refractivity contribution in [2.75, 3.05) is 19.6 Å². The highest BCUT2D eigenvalue weighted by Gasteiger charge is 2.39. The highest BCUT2D eigenvalue weighted by Crippen LogP contribution is 2.32. The van der Waals surface area contributed by atoms with Crippen LogP contribution in [0.1, 0.15) is 0 Å². The summed E-state index contributed by atoms with van der Waals surface area (Å²) >= 11 is 11.2. The Morgan fingerprint density at radius 3 is 2.71 bits per heavy atom. The molecule has 0 aromatic heterocycles. The summed E-state index contributed by atoms with van der Waals surface area (Å²) in [6.07, 6.45) is 0. The van der Waals surface area contributed by atoms with Crippen molar-refractivity contribution in [3.63, 3.8) is 0 Å². The molecule has 1 aliphatic heterocycles. The number of sulfonamides is 1. The molecule has 1 heterocycles. The fraction of sp³-hybridized carbons (Fsp3) is 0.364. The third kappa shape index (κ3) is 3.00. The van der Waals surface area contributed by atoms with Crippen LogP contribution in [0.15, 0.2) is 17.0 Å². The van der Waals surface area contributed by atoms with Crippen LogP contribution in [-0.2, 0) is 14.8 Å². The molecule has 0 radical (unpaired) electrons. The maximum Gasteiger partial charge on any atom is 0.323 e. The van der Waals surface area contributed by atoms with E-state index in [4.69, 9.17) is 28.3 Å². The number of piperazine rings is 1. The Morgan fingerprint density at radius 1 is 1.43 bits per heavy atom. The number of benzene rings is 1. The summed E-state index contributed by atoms with van der Waals surface area (Å²) in [5.74, 6) is -2.35. The largest absolute Gasteiger partial charge is 0.480 e. The van der Waals surface area contributed by atoms with Crippen molar-refractivity contribution in [2.45, 2.75) is 10.9 Å². The van der Waals surface area contributed by atoms with Gasteiger partial charge in [0.15, 0.2) is 5.82 Å². The van der Waals surface area contributed by atoms with Gasteiger partial charge in [0.1, 0.15) is 10.9 Å². The molecular formula is C11H11Cl2FN2O4S. The van der Waals surface area contributed by atoms with Gasteiger partial charge in [0.05, 0.1) is 10.0 Å². The van der Waals surface area contributed by atoms with Gasteiger partial charge in [-0.2, -0.15) is 4.31 Å². The molecule has 1 atom stereocenters. The fourth-order valence-corrected chi connectivity index (χ4v) is 4.32. The minimum absolute atomic E-state index is 0.0394. The Bertz CT molecular complexity index is 683. The zero-order chi connectivity index (χ0) is 15.8. The lowest BCUT2D eigenvalue weighted by molar-refractivity contribution is -0.141. The summed E-state index contributed by atoms with van der Waals surface area (Å²) in [4.78, 5) is 10.7. The number of hydrogen-bond acceptors (Lipinski definition) is 4. The number of aliphatic carboxylic acids is 1. The SMILES string of the molecule is O=C(O)C1CNCCN1S(=O)(=O)c1ccc(Cl)c(F)c1Cl. The molecule has 2 N–H and O–H groups in total. The Labute approximate surface area is 130 Å². The number of nitrogens with one attached hydrogen (secondary N) is 1. The average molecular weight is 357 g/mol. The first-order chi connectivity index (χ1) is 9.76. The van der Waals surface area contributed by atoms with E-state index >= 15 is 0 Å². The third-order valence-corrected chi connectivity index (χ3v) is 5.79. The van der Waals surface area contributed by atoms with E-state index in [-0.39, 0.29) is 24.7 Å². The van der Waals surface area contributed by atoms with E-state index in [2.05, 4.69) is 5.32 Å². The monoisotopic (exact) mass is 356 g/mol. The van der Waals surface area contributed by atoms with Crippen LogP contribution in [0.4, 0.5) is 4.39 Å². The molecule has 116 valence electrons. The van der Waals surface area contributed by atoms with Crippen LogP contribution in [0.5, 0.6) is 0 Å². The van der Waals surface area contributed by atoms with E-state index in [1.165, 1.54) is 0 Å². The topological polar surface area (TPSA) is 86.7 Å². The van der Waals surface area contributed by atoms with Crippen molar-refractivity contribution in [2.24, 2.45) is 0 Å². The predicted molar refractivity (Wildman–Crippen MR) is 74.6 cm³/mol. The van der Waals surface area contributed by atoms with Gasteiger partial charge in [0.2, 0.25) is 10.0 Å². The minimum Gasteiger partial charge on any atom is -0.480 e. The van der Waals surface area contributed by atoms with Gasteiger partial charge in [-0.25, -0.2) is 12.8 Å².